The van der Waals surface area contributed by atoms with Crippen LogP contribution in [0.15, 0.2) is 48.5 Å². The second-order valence-electron chi connectivity index (χ2n) is 8.82. The minimum atomic E-state index is 0. The third-order valence-electron chi connectivity index (χ3n) is 6.04. The van der Waals surface area contributed by atoms with Crippen LogP contribution in [-0.4, -0.2) is 4.83 Å². The number of benzene rings is 2. The van der Waals surface area contributed by atoms with Crippen molar-refractivity contribution in [2.75, 3.05) is 0 Å². The van der Waals surface area contributed by atoms with E-state index < -0.39 is 0 Å². The highest BCUT2D eigenvalue weighted by Crippen LogP contribution is 2.20. The molecule has 0 N–H and O–H groups in total. The van der Waals surface area contributed by atoms with E-state index >= 15 is 0 Å². The highest BCUT2D eigenvalue weighted by Gasteiger charge is 2.04. The van der Waals surface area contributed by atoms with Crippen LogP contribution in [0, 0.1) is 0 Å². The lowest BCUT2D eigenvalue weighted by Gasteiger charge is -2.10. The second kappa shape index (κ2) is 19.3. The van der Waals surface area contributed by atoms with Gasteiger partial charge < -0.3 is 0 Å². The Morgan fingerprint density at radius 1 is 0.500 bits per heavy atom. The number of hydrogen-bond donors (Lipinski definition) is 0. The van der Waals surface area contributed by atoms with E-state index in [0.29, 0.717) is 4.83 Å². The van der Waals surface area contributed by atoms with Crippen molar-refractivity contribution >= 4 is 56.1 Å². The van der Waals surface area contributed by atoms with E-state index in [9.17, 15) is 0 Å². The van der Waals surface area contributed by atoms with Crippen LogP contribution in [0.3, 0.4) is 0 Å². The quantitative estimate of drug-likeness (QED) is 0.124. The summed E-state index contributed by atoms with van der Waals surface area (Å²) in [5.41, 5.74) is 2.81. The summed E-state index contributed by atoms with van der Waals surface area (Å²) in [6, 6.07) is 16.6. The van der Waals surface area contributed by atoms with E-state index in [4.69, 9.17) is 23.2 Å². The third kappa shape index (κ3) is 15.0. The molecule has 0 aromatic heterocycles. The number of aryl methyl sites for hydroxylation is 2. The normalized spacial score (nSPS) is 11.8. The lowest BCUT2D eigenvalue weighted by atomic mass is 10.0. The number of halogens is 4. The molecule has 0 aliphatic carbocycles. The van der Waals surface area contributed by atoms with Gasteiger partial charge in [-0.2, -0.15) is 0 Å². The summed E-state index contributed by atoms with van der Waals surface area (Å²) in [6.07, 6.45) is 20.0. The maximum absolute atomic E-state index is 5.94. The number of alkyl halides is 1. The lowest BCUT2D eigenvalue weighted by Crippen LogP contribution is -1.99. The summed E-state index contributed by atoms with van der Waals surface area (Å²) in [6.45, 7) is 0. The van der Waals surface area contributed by atoms with Crippen molar-refractivity contribution in [2.24, 2.45) is 0 Å². The van der Waals surface area contributed by atoms with Gasteiger partial charge >= 0.3 is 0 Å². The fourth-order valence-electron chi connectivity index (χ4n) is 4.08. The molecule has 0 radical (unpaired) electrons. The van der Waals surface area contributed by atoms with Crippen LogP contribution in [0.1, 0.15) is 94.6 Å². The molecule has 0 fully saturated rings. The highest BCUT2D eigenvalue weighted by atomic mass is 79.9. The van der Waals surface area contributed by atoms with Gasteiger partial charge in [0.25, 0.3) is 0 Å². The van der Waals surface area contributed by atoms with Gasteiger partial charge in [-0.25, -0.2) is 0 Å². The van der Waals surface area contributed by atoms with Crippen LogP contribution >= 0.6 is 56.1 Å². The SMILES string of the molecule is Br.Clc1ccc(CCCCCCCCCCCCC(Br)CCCc2ccc(Cl)cc2)cc1. The molecule has 0 aliphatic heterocycles. The minimum Gasteiger partial charge on any atom is -0.114 e. The Kier molecular flexibility index (Phi) is 18.1. The van der Waals surface area contributed by atoms with Gasteiger partial charge in [-0.05, 0) is 73.9 Å². The van der Waals surface area contributed by atoms with Crippen LogP contribution in [0.5, 0.6) is 0 Å². The summed E-state index contributed by atoms with van der Waals surface area (Å²) in [5, 5.41) is 1.66. The van der Waals surface area contributed by atoms with Gasteiger partial charge in [0.05, 0.1) is 0 Å². The number of rotatable bonds is 17. The van der Waals surface area contributed by atoms with Gasteiger partial charge in [0.2, 0.25) is 0 Å². The summed E-state index contributed by atoms with van der Waals surface area (Å²) < 4.78 is 0. The van der Waals surface area contributed by atoms with Gasteiger partial charge in [0.1, 0.15) is 0 Å². The highest BCUT2D eigenvalue weighted by molar-refractivity contribution is 9.09. The molecule has 180 valence electrons. The predicted octanol–water partition coefficient (Wildman–Crippen LogP) is 11.2. The van der Waals surface area contributed by atoms with Crippen molar-refractivity contribution in [2.45, 2.75) is 101 Å². The average molecular weight is 607 g/mol. The smallest absolute Gasteiger partial charge is 0.0406 e. The fraction of sp³-hybridized carbons (Fsp3) is 0.571. The molecule has 0 heterocycles. The Morgan fingerprint density at radius 3 is 1.31 bits per heavy atom. The fourth-order valence-corrected chi connectivity index (χ4v) is 4.98. The Balaban J connectivity index is 0.00000512. The molecule has 0 saturated heterocycles. The molecule has 0 spiro atoms. The van der Waals surface area contributed by atoms with Crippen LogP contribution in [-0.2, 0) is 12.8 Å². The standard InChI is InChI=1S/C28H39BrCl2.BrH/c29-26(15-11-13-25-18-22-28(31)23-19-25)14-10-8-6-4-2-1-3-5-7-9-12-24-16-20-27(30)21-17-24;/h16-23,26H,1-15H2;1H. The third-order valence-corrected chi connectivity index (χ3v) is 7.46. The molecule has 1 atom stereocenters. The van der Waals surface area contributed by atoms with Gasteiger partial charge in [0, 0.05) is 14.9 Å². The molecule has 2 rings (SSSR count). The van der Waals surface area contributed by atoms with E-state index in [-0.39, 0.29) is 17.0 Å². The van der Waals surface area contributed by atoms with Crippen LogP contribution in [0.25, 0.3) is 0 Å². The minimum absolute atomic E-state index is 0. The maximum atomic E-state index is 5.94. The van der Waals surface area contributed by atoms with Crippen LogP contribution in [0.2, 0.25) is 10.0 Å². The Morgan fingerprint density at radius 2 is 0.844 bits per heavy atom. The predicted molar refractivity (Wildman–Crippen MR) is 153 cm³/mol. The lowest BCUT2D eigenvalue weighted by molar-refractivity contribution is 0.538. The molecule has 1 unspecified atom stereocenters. The topological polar surface area (TPSA) is 0 Å². The van der Waals surface area contributed by atoms with Crippen LogP contribution < -0.4 is 0 Å². The number of unbranched alkanes of at least 4 members (excludes halogenated alkanes) is 9. The van der Waals surface area contributed by atoms with E-state index in [1.807, 2.05) is 24.3 Å². The molecule has 4 heteroatoms. The van der Waals surface area contributed by atoms with E-state index in [0.717, 1.165) is 16.5 Å². The van der Waals surface area contributed by atoms with Crippen molar-refractivity contribution in [3.8, 4) is 0 Å². The summed E-state index contributed by atoms with van der Waals surface area (Å²) >= 11 is 15.8. The number of hydrogen-bond acceptors (Lipinski definition) is 0. The van der Waals surface area contributed by atoms with E-state index in [1.165, 1.54) is 101 Å². The summed E-state index contributed by atoms with van der Waals surface area (Å²) in [4.78, 5) is 0.674. The molecule has 32 heavy (non-hydrogen) atoms. The molecule has 0 aliphatic rings. The maximum Gasteiger partial charge on any atom is 0.0406 e. The Bertz CT molecular complexity index is 686. The van der Waals surface area contributed by atoms with Crippen molar-refractivity contribution in [1.82, 2.24) is 0 Å². The molecular formula is C28H40Br2Cl2. The van der Waals surface area contributed by atoms with Crippen molar-refractivity contribution in [3.63, 3.8) is 0 Å². The first-order valence-electron chi connectivity index (χ1n) is 12.3. The van der Waals surface area contributed by atoms with Crippen molar-refractivity contribution < 1.29 is 0 Å². The van der Waals surface area contributed by atoms with Gasteiger partial charge in [0.15, 0.2) is 0 Å². The van der Waals surface area contributed by atoms with Gasteiger partial charge in [-0.3, -0.25) is 0 Å². The zero-order valence-corrected chi connectivity index (χ0v) is 24.2. The first-order chi connectivity index (χ1) is 15.1. The van der Waals surface area contributed by atoms with Crippen molar-refractivity contribution in [1.29, 1.82) is 0 Å². The molecule has 2 aromatic carbocycles. The molecule has 0 nitrogen and oxygen atoms in total. The zero-order valence-electron chi connectivity index (χ0n) is 19.3. The summed E-state index contributed by atoms with van der Waals surface area (Å²) in [5.74, 6) is 0. The molecule has 2 aromatic rings. The first-order valence-corrected chi connectivity index (χ1v) is 13.9. The molecule has 0 saturated carbocycles. The Hall–Kier alpha value is -0.0200. The molecule has 0 bridgehead atoms. The first kappa shape index (κ1) is 30.0. The molecular weight excluding hydrogens is 567 g/mol. The largest absolute Gasteiger partial charge is 0.114 e. The second-order valence-corrected chi connectivity index (χ2v) is 11.0. The van der Waals surface area contributed by atoms with Gasteiger partial charge in [-0.15, -0.1) is 17.0 Å². The monoisotopic (exact) mass is 604 g/mol. The summed E-state index contributed by atoms with van der Waals surface area (Å²) in [7, 11) is 0. The average Bonchev–Trinajstić information content (AvgIpc) is 2.77. The van der Waals surface area contributed by atoms with Crippen LogP contribution in [0.4, 0.5) is 0 Å². The zero-order chi connectivity index (χ0) is 22.2. The Labute approximate surface area is 225 Å². The molecule has 0 amide bonds. The van der Waals surface area contributed by atoms with Gasteiger partial charge in [-0.1, -0.05) is 121 Å². The van der Waals surface area contributed by atoms with Crippen molar-refractivity contribution in [3.05, 3.63) is 69.7 Å². The van der Waals surface area contributed by atoms with E-state index in [2.05, 4.69) is 40.2 Å². The van der Waals surface area contributed by atoms with E-state index in [1.54, 1.807) is 0 Å².